The maximum absolute atomic E-state index is 12.6. The molecule has 0 aliphatic carbocycles. The van der Waals surface area contributed by atoms with Gasteiger partial charge in [0.25, 0.3) is 5.91 Å². The Balaban J connectivity index is 1.93. The number of piperidine rings is 1. The molecule has 1 saturated heterocycles. The van der Waals surface area contributed by atoms with Crippen molar-refractivity contribution in [3.05, 3.63) is 36.0 Å². The Kier molecular flexibility index (Phi) is 3.23. The van der Waals surface area contributed by atoms with Crippen LogP contribution in [0.3, 0.4) is 0 Å². The van der Waals surface area contributed by atoms with Gasteiger partial charge >= 0.3 is 0 Å². The minimum Gasteiger partial charge on any atom is -0.390 e. The molecule has 106 valence electrons. The maximum atomic E-state index is 12.6. The Morgan fingerprint density at radius 2 is 2.20 bits per heavy atom. The smallest absolute Gasteiger partial charge is 0.254 e. The average molecular weight is 273 g/mol. The molecular formula is C15H19N3O2. The van der Waals surface area contributed by atoms with E-state index in [9.17, 15) is 9.90 Å². The molecule has 3 rings (SSSR count). The van der Waals surface area contributed by atoms with Crippen molar-refractivity contribution in [2.24, 2.45) is 12.8 Å². The van der Waals surface area contributed by atoms with E-state index in [1.54, 1.807) is 4.90 Å². The number of β-amino-alcohol motifs (C(OH)–C–C–N with tert-alkyl or cyclic N) is 1. The second-order valence-electron chi connectivity index (χ2n) is 5.44. The monoisotopic (exact) mass is 273 g/mol. The molecule has 2 aromatic rings. The first-order chi connectivity index (χ1) is 9.58. The number of carbonyl (C=O) groups excluding carboxylic acids is 1. The topological polar surface area (TPSA) is 71.5 Å². The SMILES string of the molecule is Cn1ccc2c(C(=O)N3CC[C@@H](N)[C@H](O)C3)cccc21. The van der Waals surface area contributed by atoms with E-state index in [1.165, 1.54) is 0 Å². The van der Waals surface area contributed by atoms with E-state index in [4.69, 9.17) is 5.73 Å². The highest BCUT2D eigenvalue weighted by Gasteiger charge is 2.28. The first-order valence-electron chi connectivity index (χ1n) is 6.85. The minimum absolute atomic E-state index is 0.0345. The third-order valence-corrected chi connectivity index (χ3v) is 4.08. The zero-order valence-electron chi connectivity index (χ0n) is 11.5. The fourth-order valence-corrected chi connectivity index (χ4v) is 2.79. The summed E-state index contributed by atoms with van der Waals surface area (Å²) in [4.78, 5) is 14.3. The summed E-state index contributed by atoms with van der Waals surface area (Å²) < 4.78 is 1.99. The number of rotatable bonds is 1. The van der Waals surface area contributed by atoms with E-state index in [0.717, 1.165) is 10.9 Å². The number of hydrogen-bond acceptors (Lipinski definition) is 3. The number of nitrogens with two attached hydrogens (primary N) is 1. The number of aromatic nitrogens is 1. The van der Waals surface area contributed by atoms with Gasteiger partial charge in [-0.25, -0.2) is 0 Å². The van der Waals surface area contributed by atoms with Crippen molar-refractivity contribution in [1.29, 1.82) is 0 Å². The van der Waals surface area contributed by atoms with Crippen molar-refractivity contribution < 1.29 is 9.90 Å². The largest absolute Gasteiger partial charge is 0.390 e. The van der Waals surface area contributed by atoms with Gasteiger partial charge in [0, 0.05) is 48.8 Å². The fraction of sp³-hybridized carbons (Fsp3) is 0.400. The molecule has 0 spiro atoms. The lowest BCUT2D eigenvalue weighted by atomic mass is 10.0. The van der Waals surface area contributed by atoms with Crippen LogP contribution in [0, 0.1) is 0 Å². The van der Waals surface area contributed by atoms with Crippen molar-refractivity contribution in [3.63, 3.8) is 0 Å². The van der Waals surface area contributed by atoms with Gasteiger partial charge in [0.05, 0.1) is 6.10 Å². The molecule has 5 nitrogen and oxygen atoms in total. The number of fused-ring (bicyclic) bond motifs is 1. The molecule has 20 heavy (non-hydrogen) atoms. The van der Waals surface area contributed by atoms with Crippen molar-refractivity contribution >= 4 is 16.8 Å². The predicted molar refractivity (Wildman–Crippen MR) is 77.4 cm³/mol. The third-order valence-electron chi connectivity index (χ3n) is 4.08. The van der Waals surface area contributed by atoms with Gasteiger partial charge in [-0.1, -0.05) is 6.07 Å². The molecule has 1 fully saturated rings. The molecular weight excluding hydrogens is 254 g/mol. The van der Waals surface area contributed by atoms with E-state index < -0.39 is 6.10 Å². The highest BCUT2D eigenvalue weighted by atomic mass is 16.3. The van der Waals surface area contributed by atoms with Gasteiger partial charge in [-0.05, 0) is 24.6 Å². The van der Waals surface area contributed by atoms with Gasteiger partial charge in [-0.2, -0.15) is 0 Å². The number of hydrogen-bond donors (Lipinski definition) is 2. The van der Waals surface area contributed by atoms with E-state index >= 15 is 0 Å². The average Bonchev–Trinajstić information content (AvgIpc) is 2.83. The van der Waals surface area contributed by atoms with Crippen LogP contribution in [0.5, 0.6) is 0 Å². The Hall–Kier alpha value is -1.85. The lowest BCUT2D eigenvalue weighted by Gasteiger charge is -2.34. The van der Waals surface area contributed by atoms with Gasteiger partial charge < -0.3 is 20.3 Å². The van der Waals surface area contributed by atoms with Gasteiger partial charge in [0.1, 0.15) is 0 Å². The van der Waals surface area contributed by atoms with Crippen LogP contribution in [0.1, 0.15) is 16.8 Å². The number of aryl methyl sites for hydroxylation is 1. The van der Waals surface area contributed by atoms with E-state index in [0.29, 0.717) is 25.1 Å². The Bertz CT molecular complexity index is 650. The van der Waals surface area contributed by atoms with Gasteiger partial charge in [-0.15, -0.1) is 0 Å². The number of amides is 1. The summed E-state index contributed by atoms with van der Waals surface area (Å²) in [6.07, 6.45) is 1.95. The Morgan fingerprint density at radius 3 is 2.95 bits per heavy atom. The van der Waals surface area contributed by atoms with Crippen molar-refractivity contribution in [3.8, 4) is 0 Å². The summed E-state index contributed by atoms with van der Waals surface area (Å²) in [7, 11) is 1.96. The number of aliphatic hydroxyl groups excluding tert-OH is 1. The highest BCUT2D eigenvalue weighted by molar-refractivity contribution is 6.06. The highest BCUT2D eigenvalue weighted by Crippen LogP contribution is 2.22. The molecule has 0 saturated carbocycles. The number of carbonyl (C=O) groups is 1. The van der Waals surface area contributed by atoms with Gasteiger partial charge in [0.2, 0.25) is 0 Å². The second-order valence-corrected chi connectivity index (χ2v) is 5.44. The van der Waals surface area contributed by atoms with Gasteiger partial charge in [0.15, 0.2) is 0 Å². The minimum atomic E-state index is -0.636. The molecule has 1 aromatic heterocycles. The number of likely N-dealkylation sites (tertiary alicyclic amines) is 1. The van der Waals surface area contributed by atoms with Crippen LogP contribution in [0.15, 0.2) is 30.5 Å². The van der Waals surface area contributed by atoms with Crippen LogP contribution in [0.2, 0.25) is 0 Å². The third kappa shape index (κ3) is 2.09. The number of aliphatic hydroxyl groups is 1. The van der Waals surface area contributed by atoms with E-state index in [2.05, 4.69) is 0 Å². The summed E-state index contributed by atoms with van der Waals surface area (Å²) in [6.45, 7) is 0.906. The van der Waals surface area contributed by atoms with Crippen LogP contribution in [0.25, 0.3) is 10.9 Å². The summed E-state index contributed by atoms with van der Waals surface area (Å²) in [5.74, 6) is -0.0345. The summed E-state index contributed by atoms with van der Waals surface area (Å²) in [5, 5.41) is 10.8. The molecule has 3 N–H and O–H groups in total. The van der Waals surface area contributed by atoms with Crippen molar-refractivity contribution in [1.82, 2.24) is 9.47 Å². The summed E-state index contributed by atoms with van der Waals surface area (Å²) in [5.41, 5.74) is 7.50. The zero-order chi connectivity index (χ0) is 14.3. The second kappa shape index (κ2) is 4.92. The molecule has 1 aromatic carbocycles. The first-order valence-corrected chi connectivity index (χ1v) is 6.85. The molecule has 2 atom stereocenters. The van der Waals surface area contributed by atoms with E-state index in [-0.39, 0.29) is 11.9 Å². The number of benzene rings is 1. The normalized spacial score (nSPS) is 23.2. The fourth-order valence-electron chi connectivity index (χ4n) is 2.79. The zero-order valence-corrected chi connectivity index (χ0v) is 11.5. The van der Waals surface area contributed by atoms with E-state index in [1.807, 2.05) is 42.1 Å². The van der Waals surface area contributed by atoms with Crippen LogP contribution in [0.4, 0.5) is 0 Å². The predicted octanol–water partition coefficient (Wildman–Crippen LogP) is 0.712. The lowest BCUT2D eigenvalue weighted by Crippen LogP contribution is -2.52. The Morgan fingerprint density at radius 1 is 1.40 bits per heavy atom. The molecule has 2 heterocycles. The van der Waals surface area contributed by atoms with Crippen LogP contribution < -0.4 is 5.73 Å². The number of nitrogens with zero attached hydrogens (tertiary/aromatic N) is 2. The van der Waals surface area contributed by atoms with Crippen molar-refractivity contribution in [2.75, 3.05) is 13.1 Å². The van der Waals surface area contributed by atoms with Crippen molar-refractivity contribution in [2.45, 2.75) is 18.6 Å². The Labute approximate surface area is 117 Å². The quantitative estimate of drug-likeness (QED) is 0.804. The summed E-state index contributed by atoms with van der Waals surface area (Å²) in [6, 6.07) is 7.45. The lowest BCUT2D eigenvalue weighted by molar-refractivity contribution is 0.0397. The van der Waals surface area contributed by atoms with Gasteiger partial charge in [-0.3, -0.25) is 4.79 Å². The maximum Gasteiger partial charge on any atom is 0.254 e. The molecule has 0 bridgehead atoms. The van der Waals surface area contributed by atoms with Crippen LogP contribution in [-0.2, 0) is 7.05 Å². The van der Waals surface area contributed by atoms with Crippen LogP contribution in [-0.4, -0.2) is 45.7 Å². The summed E-state index contributed by atoms with van der Waals surface area (Å²) >= 11 is 0. The van der Waals surface area contributed by atoms with Crippen LogP contribution >= 0.6 is 0 Å². The molecule has 0 radical (unpaired) electrons. The molecule has 1 aliphatic rings. The molecule has 1 amide bonds. The molecule has 1 aliphatic heterocycles. The standard InChI is InChI=1S/C15H19N3O2/c1-17-7-5-10-11(3-2-4-13(10)17)15(20)18-8-6-12(16)14(19)9-18/h2-5,7,12,14,19H,6,8-9,16H2,1H3/t12-,14-/m1/s1. The first kappa shape index (κ1) is 13.1. The molecule has 5 heteroatoms. The molecule has 0 unspecified atom stereocenters.